The lowest BCUT2D eigenvalue weighted by Crippen LogP contribution is -2.33. The van der Waals surface area contributed by atoms with Gasteiger partial charge in [-0.3, -0.25) is 10.2 Å². The van der Waals surface area contributed by atoms with Crippen molar-refractivity contribution in [3.05, 3.63) is 35.4 Å². The highest BCUT2D eigenvalue weighted by molar-refractivity contribution is 5.82. The van der Waals surface area contributed by atoms with Crippen LogP contribution >= 0.6 is 0 Å². The van der Waals surface area contributed by atoms with Crippen LogP contribution in [0.5, 0.6) is 0 Å². The molecule has 0 saturated carbocycles. The molecule has 1 aromatic rings. The number of carbonyl (C=O) groups is 2. The number of hydrogen-bond donors (Lipinski definition) is 2. The molecule has 1 atom stereocenters. The smallest absolute Gasteiger partial charge is 0.410 e. The standard InChI is InChI=1S/C13H17N3O3/c1-9(12(17)15-14)11-4-2-10(3-5-11)8-16-6-7-19-13(16)18/h2-5,9H,6-8,14H2,1H3,(H,15,17). The van der Waals surface area contributed by atoms with Crippen LogP contribution in [0.2, 0.25) is 0 Å². The highest BCUT2D eigenvalue weighted by Crippen LogP contribution is 2.17. The molecule has 1 aromatic carbocycles. The normalized spacial score (nSPS) is 16.1. The maximum absolute atomic E-state index is 11.4. The average molecular weight is 263 g/mol. The third-order valence-corrected chi connectivity index (χ3v) is 3.23. The number of carbonyl (C=O) groups excluding carboxylic acids is 2. The molecular weight excluding hydrogens is 246 g/mol. The van der Waals surface area contributed by atoms with Gasteiger partial charge in [0.05, 0.1) is 12.5 Å². The maximum atomic E-state index is 11.4. The summed E-state index contributed by atoms with van der Waals surface area (Å²) in [6.45, 7) is 3.38. The van der Waals surface area contributed by atoms with E-state index in [0.717, 1.165) is 11.1 Å². The van der Waals surface area contributed by atoms with Crippen LogP contribution in [0.4, 0.5) is 4.79 Å². The van der Waals surface area contributed by atoms with Crippen molar-refractivity contribution < 1.29 is 14.3 Å². The fourth-order valence-corrected chi connectivity index (χ4v) is 1.98. The second-order valence-corrected chi connectivity index (χ2v) is 4.51. The van der Waals surface area contributed by atoms with E-state index in [-0.39, 0.29) is 17.9 Å². The van der Waals surface area contributed by atoms with E-state index < -0.39 is 0 Å². The van der Waals surface area contributed by atoms with Gasteiger partial charge in [0, 0.05) is 6.54 Å². The molecule has 3 N–H and O–H groups in total. The van der Waals surface area contributed by atoms with E-state index in [9.17, 15) is 9.59 Å². The van der Waals surface area contributed by atoms with E-state index in [1.54, 1.807) is 11.8 Å². The van der Waals surface area contributed by atoms with Crippen molar-refractivity contribution in [1.82, 2.24) is 10.3 Å². The average Bonchev–Trinajstić information content (AvgIpc) is 2.83. The number of hydrogen-bond acceptors (Lipinski definition) is 4. The Hall–Kier alpha value is -2.08. The van der Waals surface area contributed by atoms with Crippen LogP contribution < -0.4 is 11.3 Å². The highest BCUT2D eigenvalue weighted by atomic mass is 16.6. The third kappa shape index (κ3) is 3.03. The molecule has 0 aliphatic carbocycles. The zero-order valence-corrected chi connectivity index (χ0v) is 10.8. The molecular formula is C13H17N3O3. The number of rotatable bonds is 4. The molecule has 19 heavy (non-hydrogen) atoms. The van der Waals surface area contributed by atoms with Crippen LogP contribution in [0.3, 0.4) is 0 Å². The summed E-state index contributed by atoms with van der Waals surface area (Å²) in [6.07, 6.45) is -0.278. The van der Waals surface area contributed by atoms with Crippen molar-refractivity contribution in [3.8, 4) is 0 Å². The van der Waals surface area contributed by atoms with Gasteiger partial charge < -0.3 is 9.64 Å². The van der Waals surface area contributed by atoms with Gasteiger partial charge in [-0.25, -0.2) is 10.6 Å². The first kappa shape index (κ1) is 13.4. The van der Waals surface area contributed by atoms with Crippen molar-refractivity contribution in [3.63, 3.8) is 0 Å². The van der Waals surface area contributed by atoms with Crippen molar-refractivity contribution >= 4 is 12.0 Å². The van der Waals surface area contributed by atoms with Gasteiger partial charge in [-0.15, -0.1) is 0 Å². The number of nitrogens with one attached hydrogen (secondary N) is 1. The van der Waals surface area contributed by atoms with Crippen LogP contribution in [-0.4, -0.2) is 30.1 Å². The van der Waals surface area contributed by atoms with Crippen molar-refractivity contribution in [2.75, 3.05) is 13.2 Å². The molecule has 2 amide bonds. The summed E-state index contributed by atoms with van der Waals surface area (Å²) in [7, 11) is 0. The number of nitrogens with two attached hydrogens (primary N) is 1. The van der Waals surface area contributed by atoms with Gasteiger partial charge in [-0.2, -0.15) is 0 Å². The Morgan fingerprint density at radius 2 is 2.16 bits per heavy atom. The Kier molecular flexibility index (Phi) is 4.01. The summed E-state index contributed by atoms with van der Waals surface area (Å²) < 4.78 is 4.87. The van der Waals surface area contributed by atoms with E-state index in [4.69, 9.17) is 10.6 Å². The summed E-state index contributed by atoms with van der Waals surface area (Å²) in [4.78, 5) is 24.4. The minimum atomic E-state index is -0.296. The Balaban J connectivity index is 2.02. The molecule has 6 heteroatoms. The van der Waals surface area contributed by atoms with Crippen molar-refractivity contribution in [1.29, 1.82) is 0 Å². The summed E-state index contributed by atoms with van der Waals surface area (Å²) in [5.41, 5.74) is 4.02. The summed E-state index contributed by atoms with van der Waals surface area (Å²) in [6, 6.07) is 7.55. The monoisotopic (exact) mass is 263 g/mol. The molecule has 1 aliphatic rings. The summed E-state index contributed by atoms with van der Waals surface area (Å²) >= 11 is 0. The molecule has 0 radical (unpaired) electrons. The van der Waals surface area contributed by atoms with Gasteiger partial charge in [-0.1, -0.05) is 24.3 Å². The van der Waals surface area contributed by atoms with Gasteiger partial charge in [0.1, 0.15) is 6.61 Å². The lowest BCUT2D eigenvalue weighted by molar-refractivity contribution is -0.122. The van der Waals surface area contributed by atoms with Gasteiger partial charge in [0.25, 0.3) is 0 Å². The van der Waals surface area contributed by atoms with Crippen LogP contribution in [0.15, 0.2) is 24.3 Å². The molecule has 0 bridgehead atoms. The zero-order chi connectivity index (χ0) is 13.8. The van der Waals surface area contributed by atoms with Gasteiger partial charge >= 0.3 is 6.09 Å². The molecule has 2 rings (SSSR count). The predicted octanol–water partition coefficient (Wildman–Crippen LogP) is 0.732. The molecule has 1 fully saturated rings. The molecule has 1 saturated heterocycles. The number of amides is 2. The first-order valence-electron chi connectivity index (χ1n) is 6.13. The molecule has 0 aromatic heterocycles. The van der Waals surface area contributed by atoms with Crippen molar-refractivity contribution in [2.45, 2.75) is 19.4 Å². The fraction of sp³-hybridized carbons (Fsp3) is 0.385. The molecule has 6 nitrogen and oxygen atoms in total. The van der Waals surface area contributed by atoms with Gasteiger partial charge in [-0.05, 0) is 18.1 Å². The molecule has 1 aliphatic heterocycles. The second-order valence-electron chi connectivity index (χ2n) is 4.51. The van der Waals surface area contributed by atoms with E-state index >= 15 is 0 Å². The first-order chi connectivity index (χ1) is 9.11. The minimum Gasteiger partial charge on any atom is -0.448 e. The Morgan fingerprint density at radius 1 is 1.47 bits per heavy atom. The Bertz CT molecular complexity index is 473. The number of nitrogens with zero attached hydrogens (tertiary/aromatic N) is 1. The third-order valence-electron chi connectivity index (χ3n) is 3.23. The van der Waals surface area contributed by atoms with E-state index in [1.807, 2.05) is 24.3 Å². The predicted molar refractivity (Wildman–Crippen MR) is 68.9 cm³/mol. The number of cyclic esters (lactones) is 1. The Labute approximate surface area is 111 Å². The largest absolute Gasteiger partial charge is 0.448 e. The second kappa shape index (κ2) is 5.71. The highest BCUT2D eigenvalue weighted by Gasteiger charge is 2.21. The lowest BCUT2D eigenvalue weighted by atomic mass is 9.99. The molecule has 102 valence electrons. The number of benzene rings is 1. The first-order valence-corrected chi connectivity index (χ1v) is 6.13. The van der Waals surface area contributed by atoms with Crippen LogP contribution in [-0.2, 0) is 16.1 Å². The van der Waals surface area contributed by atoms with Gasteiger partial charge in [0.15, 0.2) is 0 Å². The van der Waals surface area contributed by atoms with Crippen molar-refractivity contribution in [2.24, 2.45) is 5.84 Å². The minimum absolute atomic E-state index is 0.226. The lowest BCUT2D eigenvalue weighted by Gasteiger charge is -2.14. The van der Waals surface area contributed by atoms with Crippen LogP contribution in [0.1, 0.15) is 24.0 Å². The van der Waals surface area contributed by atoms with E-state index in [0.29, 0.717) is 19.7 Å². The number of hydrazine groups is 1. The molecule has 1 heterocycles. The maximum Gasteiger partial charge on any atom is 0.410 e. The summed E-state index contributed by atoms with van der Waals surface area (Å²) in [5.74, 6) is 4.59. The Morgan fingerprint density at radius 3 is 2.68 bits per heavy atom. The van der Waals surface area contributed by atoms with Crippen LogP contribution in [0.25, 0.3) is 0 Å². The van der Waals surface area contributed by atoms with Gasteiger partial charge in [0.2, 0.25) is 5.91 Å². The van der Waals surface area contributed by atoms with Crippen LogP contribution in [0, 0.1) is 0 Å². The quantitative estimate of drug-likeness (QED) is 0.476. The summed E-state index contributed by atoms with van der Waals surface area (Å²) in [5, 5.41) is 0. The molecule has 0 spiro atoms. The zero-order valence-electron chi connectivity index (χ0n) is 10.8. The number of ether oxygens (including phenoxy) is 1. The topological polar surface area (TPSA) is 84.7 Å². The fourth-order valence-electron chi connectivity index (χ4n) is 1.98. The SMILES string of the molecule is CC(C(=O)NN)c1ccc(CN2CCOC2=O)cc1. The van der Waals surface area contributed by atoms with E-state index in [1.165, 1.54) is 0 Å². The molecule has 1 unspecified atom stereocenters. The van der Waals surface area contributed by atoms with E-state index in [2.05, 4.69) is 5.43 Å².